The number of aromatic nitrogens is 2. The zero-order valence-electron chi connectivity index (χ0n) is 31.9. The number of benzene rings is 4. The average molecular weight is 796 g/mol. The first kappa shape index (κ1) is 37.3. The number of phenols is 1. The van der Waals surface area contributed by atoms with E-state index < -0.39 is 0 Å². The van der Waals surface area contributed by atoms with Gasteiger partial charge in [0.25, 0.3) is 11.8 Å². The van der Waals surface area contributed by atoms with E-state index in [1.807, 2.05) is 94.0 Å². The molecule has 1 N–H and O–H groups in total. The van der Waals surface area contributed by atoms with Crippen molar-refractivity contribution in [2.75, 3.05) is 44.5 Å². The first-order valence-corrected chi connectivity index (χ1v) is 19.3. The summed E-state index contributed by atoms with van der Waals surface area (Å²) in [6.07, 6.45) is 4.65. The molecule has 3 aromatic heterocycles. The second-order valence-corrected chi connectivity index (χ2v) is 14.9. The van der Waals surface area contributed by atoms with Gasteiger partial charge in [-0.3, -0.25) is 19.4 Å². The molecule has 0 bridgehead atoms. The lowest BCUT2D eigenvalue weighted by Gasteiger charge is -2.40. The normalized spacial score (nSPS) is 16.3. The second kappa shape index (κ2) is 15.2. The number of carbonyl (C=O) groups excluding carboxylic acids is 2. The molecule has 1 fully saturated rings. The molecule has 7 aromatic rings. The summed E-state index contributed by atoms with van der Waals surface area (Å²) in [5, 5.41) is 11.2. The molecular weight excluding hydrogens is 754 g/mol. The summed E-state index contributed by atoms with van der Waals surface area (Å²) in [6, 6.07) is 34.2. The van der Waals surface area contributed by atoms with Gasteiger partial charge in [0.2, 0.25) is 6.79 Å². The molecule has 0 saturated carbocycles. The SMILES string of the molecule is Cl.Cn1ccc2cc(N(C(=O)c3cc(-c4cc5c(cc4C(=O)N4Cc6ccccc6C[C@H]4CN4CCOCC4)OCO5)n4ccccc34)c3ccc(O)cc3)ccc21. The highest BCUT2D eigenvalue weighted by atomic mass is 35.5. The van der Waals surface area contributed by atoms with Crippen LogP contribution in [0.3, 0.4) is 0 Å². The molecular formula is C46H42ClN5O6. The van der Waals surface area contributed by atoms with Crippen LogP contribution < -0.4 is 14.4 Å². The molecule has 0 radical (unpaired) electrons. The summed E-state index contributed by atoms with van der Waals surface area (Å²) in [6.45, 7) is 4.26. The Morgan fingerprint density at radius 3 is 2.33 bits per heavy atom. The Morgan fingerprint density at radius 2 is 1.52 bits per heavy atom. The topological polar surface area (TPSA) is 101 Å². The predicted octanol–water partition coefficient (Wildman–Crippen LogP) is 7.83. The molecule has 0 aliphatic carbocycles. The maximum atomic E-state index is 15.2. The summed E-state index contributed by atoms with van der Waals surface area (Å²) in [7, 11) is 1.99. The van der Waals surface area contributed by atoms with Gasteiger partial charge in [-0.25, -0.2) is 0 Å². The lowest BCUT2D eigenvalue weighted by Crippen LogP contribution is -2.52. The molecule has 1 atom stereocenters. The second-order valence-electron chi connectivity index (χ2n) is 14.9. The smallest absolute Gasteiger partial charge is 0.265 e. The fraction of sp³-hybridized carbons (Fsp3) is 0.217. The van der Waals surface area contributed by atoms with Crippen LogP contribution in [0.5, 0.6) is 17.2 Å². The van der Waals surface area contributed by atoms with E-state index in [-0.39, 0.29) is 42.8 Å². The zero-order valence-corrected chi connectivity index (χ0v) is 32.7. The van der Waals surface area contributed by atoms with Crippen LogP contribution in [-0.4, -0.2) is 81.4 Å². The minimum atomic E-state index is -0.266. The van der Waals surface area contributed by atoms with Gasteiger partial charge in [-0.05, 0) is 96.4 Å². The Morgan fingerprint density at radius 1 is 0.776 bits per heavy atom. The Bertz CT molecular complexity index is 2680. The van der Waals surface area contributed by atoms with Crippen molar-refractivity contribution in [3.63, 3.8) is 0 Å². The number of hydrogen-bond donors (Lipinski definition) is 1. The quantitative estimate of drug-likeness (QED) is 0.176. The predicted molar refractivity (Wildman–Crippen MR) is 225 cm³/mol. The molecule has 3 aliphatic rings. The van der Waals surface area contributed by atoms with Gasteiger partial charge in [-0.2, -0.15) is 0 Å². The van der Waals surface area contributed by atoms with Gasteiger partial charge in [-0.1, -0.05) is 30.3 Å². The van der Waals surface area contributed by atoms with Crippen LogP contribution >= 0.6 is 12.4 Å². The van der Waals surface area contributed by atoms with Crippen LogP contribution in [0, 0.1) is 0 Å². The molecule has 11 nitrogen and oxygen atoms in total. The number of aromatic hydroxyl groups is 1. The molecule has 3 aliphatic heterocycles. The van der Waals surface area contributed by atoms with E-state index in [0.29, 0.717) is 70.5 Å². The van der Waals surface area contributed by atoms with E-state index in [1.54, 1.807) is 35.2 Å². The number of ether oxygens (including phenoxy) is 3. The number of hydrogen-bond acceptors (Lipinski definition) is 7. The van der Waals surface area contributed by atoms with Crippen molar-refractivity contribution in [2.24, 2.45) is 7.05 Å². The number of amides is 2. The fourth-order valence-electron chi connectivity index (χ4n) is 8.60. The number of nitrogens with zero attached hydrogens (tertiary/aromatic N) is 5. The molecule has 12 heteroatoms. The number of pyridine rings is 1. The third kappa shape index (κ3) is 6.60. The largest absolute Gasteiger partial charge is 0.508 e. The highest BCUT2D eigenvalue weighted by molar-refractivity contribution is 6.16. The summed E-state index contributed by atoms with van der Waals surface area (Å²) >= 11 is 0. The Labute approximate surface area is 341 Å². The summed E-state index contributed by atoms with van der Waals surface area (Å²) in [4.78, 5) is 36.4. The maximum Gasteiger partial charge on any atom is 0.265 e. The monoisotopic (exact) mass is 795 g/mol. The number of rotatable bonds is 7. The van der Waals surface area contributed by atoms with Crippen LogP contribution in [0.2, 0.25) is 0 Å². The van der Waals surface area contributed by atoms with Gasteiger partial charge in [0, 0.05) is 79.5 Å². The lowest BCUT2D eigenvalue weighted by molar-refractivity contribution is 0.0193. The van der Waals surface area contributed by atoms with Crippen molar-refractivity contribution in [2.45, 2.75) is 19.0 Å². The summed E-state index contributed by atoms with van der Waals surface area (Å²) < 4.78 is 21.4. The number of phenolic OH excluding ortho intramolecular Hbond substituents is 1. The summed E-state index contributed by atoms with van der Waals surface area (Å²) in [5.74, 6) is 0.771. The standard InChI is InChI=1S/C46H41N5O6.ClH/c1-47-17-15-31-23-34(11-14-40(31)47)51(33-9-12-36(52)13-10-33)46(54)39-24-42(49-16-5-4-8-41(39)49)37-25-43-44(57-29-56-43)26-38(37)45(53)50-27-32-7-3-2-6-30(32)22-35(50)28-48-18-20-55-21-19-48;/h2-17,23-26,35,52H,18-22,27-29H2,1H3;1H/t35-;/m0./s1. The third-order valence-corrected chi connectivity index (χ3v) is 11.6. The number of halogens is 1. The highest BCUT2D eigenvalue weighted by Gasteiger charge is 2.35. The lowest BCUT2D eigenvalue weighted by atomic mass is 9.92. The van der Waals surface area contributed by atoms with Gasteiger partial charge in [0.15, 0.2) is 11.5 Å². The van der Waals surface area contributed by atoms with E-state index in [4.69, 9.17) is 14.2 Å². The molecule has 294 valence electrons. The van der Waals surface area contributed by atoms with Crippen molar-refractivity contribution < 1.29 is 28.9 Å². The maximum absolute atomic E-state index is 15.2. The number of carbonyl (C=O) groups is 2. The van der Waals surface area contributed by atoms with Gasteiger partial charge in [-0.15, -0.1) is 12.4 Å². The van der Waals surface area contributed by atoms with Gasteiger partial charge in [0.05, 0.1) is 35.6 Å². The summed E-state index contributed by atoms with van der Waals surface area (Å²) in [5.41, 5.74) is 7.60. The van der Waals surface area contributed by atoms with Gasteiger partial charge >= 0.3 is 0 Å². The number of anilines is 2. The van der Waals surface area contributed by atoms with E-state index in [1.165, 1.54) is 5.56 Å². The molecule has 0 unspecified atom stereocenters. The van der Waals surface area contributed by atoms with E-state index in [2.05, 4.69) is 23.1 Å². The van der Waals surface area contributed by atoms with Gasteiger partial charge < -0.3 is 33.2 Å². The van der Waals surface area contributed by atoms with Gasteiger partial charge in [0.1, 0.15) is 5.75 Å². The van der Waals surface area contributed by atoms with Crippen LogP contribution in [0.15, 0.2) is 122 Å². The van der Waals surface area contributed by atoms with E-state index in [0.717, 1.165) is 42.5 Å². The van der Waals surface area contributed by atoms with Crippen LogP contribution in [0.4, 0.5) is 11.4 Å². The fourth-order valence-corrected chi connectivity index (χ4v) is 8.60. The van der Waals surface area contributed by atoms with Crippen molar-refractivity contribution >= 4 is 52.0 Å². The Kier molecular flexibility index (Phi) is 9.81. The minimum absolute atomic E-state index is 0. The molecule has 4 aromatic carbocycles. The molecule has 0 spiro atoms. The Hall–Kier alpha value is -6.27. The number of morpholine rings is 1. The van der Waals surface area contributed by atoms with Crippen molar-refractivity contribution in [3.05, 3.63) is 144 Å². The molecule has 2 amide bonds. The first-order valence-electron chi connectivity index (χ1n) is 19.3. The molecule has 10 rings (SSSR count). The number of fused-ring (bicyclic) bond motifs is 4. The molecule has 58 heavy (non-hydrogen) atoms. The highest BCUT2D eigenvalue weighted by Crippen LogP contribution is 2.42. The van der Waals surface area contributed by atoms with E-state index in [9.17, 15) is 5.11 Å². The first-order chi connectivity index (χ1) is 27.9. The van der Waals surface area contributed by atoms with E-state index >= 15 is 9.59 Å². The van der Waals surface area contributed by atoms with Crippen LogP contribution in [-0.2, 0) is 24.8 Å². The zero-order chi connectivity index (χ0) is 38.6. The van der Waals surface area contributed by atoms with Crippen molar-refractivity contribution in [1.29, 1.82) is 0 Å². The number of aryl methyl sites for hydroxylation is 1. The minimum Gasteiger partial charge on any atom is -0.508 e. The molecule has 6 heterocycles. The average Bonchev–Trinajstić information content (AvgIpc) is 3.97. The van der Waals surface area contributed by atoms with Crippen LogP contribution in [0.25, 0.3) is 27.7 Å². The molecule has 1 saturated heterocycles. The van der Waals surface area contributed by atoms with Crippen molar-refractivity contribution in [3.8, 4) is 28.5 Å². The van der Waals surface area contributed by atoms with Crippen LogP contribution in [0.1, 0.15) is 31.8 Å². The Balaban J connectivity index is 0.00000436. The van der Waals surface area contributed by atoms with Crippen molar-refractivity contribution in [1.82, 2.24) is 18.8 Å². The third-order valence-electron chi connectivity index (χ3n) is 11.6.